The van der Waals surface area contributed by atoms with Crippen molar-refractivity contribution in [1.82, 2.24) is 25.5 Å². The van der Waals surface area contributed by atoms with Crippen molar-refractivity contribution in [1.29, 1.82) is 0 Å². The Balaban J connectivity index is 1.55. The molecular weight excluding hydrogens is 432 g/mol. The second-order valence-corrected chi connectivity index (χ2v) is 8.57. The van der Waals surface area contributed by atoms with Gasteiger partial charge in [0.25, 0.3) is 5.91 Å². The number of aromatic nitrogens is 4. The summed E-state index contributed by atoms with van der Waals surface area (Å²) in [5.74, 6) is 0.420. The summed E-state index contributed by atoms with van der Waals surface area (Å²) in [5.41, 5.74) is 2.30. The van der Waals surface area contributed by atoms with Crippen LogP contribution in [0.4, 0.5) is 5.69 Å². The number of methoxy groups -OCH3 is 1. The normalized spacial score (nSPS) is 13.9. The smallest absolute Gasteiger partial charge is 0.251 e. The van der Waals surface area contributed by atoms with Crippen LogP contribution in [-0.4, -0.2) is 51.7 Å². The van der Waals surface area contributed by atoms with Crippen LogP contribution in [0, 0.1) is 6.92 Å². The van der Waals surface area contributed by atoms with Gasteiger partial charge in [0.05, 0.1) is 12.8 Å². The van der Waals surface area contributed by atoms with Gasteiger partial charge in [0.1, 0.15) is 18.8 Å². The zero-order chi connectivity index (χ0) is 23.9. The molecule has 0 spiro atoms. The minimum absolute atomic E-state index is 0.116. The Kier molecular flexibility index (Phi) is 7.51. The number of ether oxygens (including phenoxy) is 1. The highest BCUT2D eigenvalue weighted by Crippen LogP contribution is 2.30. The molecule has 1 fully saturated rings. The van der Waals surface area contributed by atoms with Crippen molar-refractivity contribution in [2.45, 2.75) is 51.6 Å². The summed E-state index contributed by atoms with van der Waals surface area (Å²) in [6.07, 6.45) is 5.37. The quantitative estimate of drug-likeness (QED) is 0.552. The van der Waals surface area contributed by atoms with Gasteiger partial charge in [-0.2, -0.15) is 4.80 Å². The Morgan fingerprint density at radius 3 is 2.62 bits per heavy atom. The summed E-state index contributed by atoms with van der Waals surface area (Å²) < 4.78 is 5.50. The van der Waals surface area contributed by atoms with Crippen LogP contribution in [0.2, 0.25) is 0 Å². The molecule has 178 valence electrons. The first-order valence-electron chi connectivity index (χ1n) is 11.6. The fraction of sp³-hybridized carbons (Fsp3) is 0.400. The first-order valence-corrected chi connectivity index (χ1v) is 11.6. The van der Waals surface area contributed by atoms with Gasteiger partial charge in [0.15, 0.2) is 0 Å². The predicted octanol–water partition coefficient (Wildman–Crippen LogP) is 3.14. The number of hydrogen-bond donors (Lipinski definition) is 1. The van der Waals surface area contributed by atoms with E-state index in [-0.39, 0.29) is 30.9 Å². The zero-order valence-corrected chi connectivity index (χ0v) is 19.6. The number of anilines is 1. The maximum Gasteiger partial charge on any atom is 0.251 e. The van der Waals surface area contributed by atoms with E-state index in [9.17, 15) is 9.59 Å². The van der Waals surface area contributed by atoms with Crippen LogP contribution in [0.5, 0.6) is 5.75 Å². The van der Waals surface area contributed by atoms with Crippen molar-refractivity contribution < 1.29 is 14.3 Å². The maximum atomic E-state index is 13.4. The number of carbonyl (C=O) groups is 2. The number of hydrogen-bond acceptors (Lipinski definition) is 6. The summed E-state index contributed by atoms with van der Waals surface area (Å²) in [7, 11) is 1.55. The average Bonchev–Trinajstić information content (AvgIpc) is 3.32. The highest BCUT2D eigenvalue weighted by molar-refractivity contribution is 5.99. The Morgan fingerprint density at radius 2 is 1.88 bits per heavy atom. The minimum atomic E-state index is -0.334. The molecule has 1 saturated carbocycles. The van der Waals surface area contributed by atoms with Crippen LogP contribution in [-0.2, 0) is 16.1 Å². The van der Waals surface area contributed by atoms with Crippen molar-refractivity contribution >= 4 is 17.5 Å². The lowest BCUT2D eigenvalue weighted by molar-refractivity contribution is -0.124. The van der Waals surface area contributed by atoms with Gasteiger partial charge in [-0.15, -0.1) is 10.2 Å². The third kappa shape index (κ3) is 5.78. The monoisotopic (exact) mass is 462 g/mol. The van der Waals surface area contributed by atoms with E-state index in [1.807, 2.05) is 49.4 Å². The number of carbonyl (C=O) groups excluding carboxylic acids is 2. The molecular formula is C25H30N6O3. The molecule has 1 aliphatic rings. The standard InChI is InChI=1S/C25H30N6O3/c1-18-13-14-22(34-2)21(15-18)30(16-23(32)26-20-11-7-4-8-12-20)24(33)17-31-28-25(27-29-31)19-9-5-3-6-10-19/h3,5-6,9-10,13-15,20H,4,7-8,11-12,16-17H2,1-2H3,(H,26,32). The van der Waals surface area contributed by atoms with Crippen molar-refractivity contribution in [3.8, 4) is 17.1 Å². The molecule has 0 bridgehead atoms. The van der Waals surface area contributed by atoms with E-state index in [2.05, 4.69) is 20.7 Å². The summed E-state index contributed by atoms with van der Waals surface area (Å²) in [5, 5.41) is 15.5. The fourth-order valence-electron chi connectivity index (χ4n) is 4.20. The van der Waals surface area contributed by atoms with Crippen molar-refractivity contribution in [2.24, 2.45) is 0 Å². The molecule has 0 aliphatic heterocycles. The van der Waals surface area contributed by atoms with E-state index >= 15 is 0 Å². The van der Waals surface area contributed by atoms with Gasteiger partial charge in [-0.1, -0.05) is 55.7 Å². The van der Waals surface area contributed by atoms with Crippen molar-refractivity contribution in [3.05, 3.63) is 54.1 Å². The second-order valence-electron chi connectivity index (χ2n) is 8.57. The SMILES string of the molecule is COc1ccc(C)cc1N(CC(=O)NC1CCCCC1)C(=O)Cn1nnc(-c2ccccc2)n1. The van der Waals surface area contributed by atoms with Gasteiger partial charge in [-0.05, 0) is 42.7 Å². The first kappa shape index (κ1) is 23.4. The summed E-state index contributed by atoms with van der Waals surface area (Å²) in [4.78, 5) is 29.0. The summed E-state index contributed by atoms with van der Waals surface area (Å²) >= 11 is 0. The van der Waals surface area contributed by atoms with Gasteiger partial charge in [0.2, 0.25) is 11.7 Å². The summed E-state index contributed by atoms with van der Waals surface area (Å²) in [6, 6.07) is 15.1. The number of benzene rings is 2. The first-order chi connectivity index (χ1) is 16.5. The Hall–Kier alpha value is -3.75. The molecule has 0 unspecified atom stereocenters. The molecule has 9 nitrogen and oxygen atoms in total. The molecule has 0 radical (unpaired) electrons. The van der Waals surface area contributed by atoms with Crippen LogP contribution in [0.15, 0.2) is 48.5 Å². The highest BCUT2D eigenvalue weighted by Gasteiger charge is 2.25. The zero-order valence-electron chi connectivity index (χ0n) is 19.6. The number of nitrogens with one attached hydrogen (secondary N) is 1. The van der Waals surface area contributed by atoms with E-state index in [0.29, 0.717) is 17.3 Å². The van der Waals surface area contributed by atoms with Crippen LogP contribution >= 0.6 is 0 Å². The number of aryl methyl sites for hydroxylation is 1. The van der Waals surface area contributed by atoms with E-state index in [1.54, 1.807) is 13.2 Å². The number of amides is 2. The third-order valence-corrected chi connectivity index (χ3v) is 5.96. The molecule has 0 atom stereocenters. The molecule has 0 saturated heterocycles. The highest BCUT2D eigenvalue weighted by atomic mass is 16.5. The molecule has 1 heterocycles. The lowest BCUT2D eigenvalue weighted by Gasteiger charge is -2.27. The van der Waals surface area contributed by atoms with E-state index < -0.39 is 0 Å². The van der Waals surface area contributed by atoms with Gasteiger partial charge < -0.3 is 10.1 Å². The van der Waals surface area contributed by atoms with Crippen molar-refractivity contribution in [2.75, 3.05) is 18.6 Å². The fourth-order valence-corrected chi connectivity index (χ4v) is 4.20. The third-order valence-electron chi connectivity index (χ3n) is 5.96. The van der Waals surface area contributed by atoms with E-state index in [0.717, 1.165) is 36.8 Å². The van der Waals surface area contributed by atoms with Crippen LogP contribution in [0.1, 0.15) is 37.7 Å². The predicted molar refractivity (Wildman–Crippen MR) is 128 cm³/mol. The molecule has 1 aliphatic carbocycles. The van der Waals surface area contributed by atoms with Gasteiger partial charge in [-0.3, -0.25) is 14.5 Å². The van der Waals surface area contributed by atoms with Crippen LogP contribution in [0.3, 0.4) is 0 Å². The minimum Gasteiger partial charge on any atom is -0.495 e. The number of rotatable bonds is 8. The molecule has 4 rings (SSSR count). The Labute approximate surface area is 199 Å². The number of tetrazole rings is 1. The van der Waals surface area contributed by atoms with Crippen molar-refractivity contribution in [3.63, 3.8) is 0 Å². The molecule has 34 heavy (non-hydrogen) atoms. The maximum absolute atomic E-state index is 13.4. The molecule has 1 N–H and O–H groups in total. The Morgan fingerprint density at radius 1 is 1.12 bits per heavy atom. The number of nitrogens with zero attached hydrogens (tertiary/aromatic N) is 5. The Bertz CT molecular complexity index is 1120. The molecule has 2 amide bonds. The molecule has 1 aromatic heterocycles. The largest absolute Gasteiger partial charge is 0.495 e. The van der Waals surface area contributed by atoms with Crippen LogP contribution < -0.4 is 15.0 Å². The van der Waals surface area contributed by atoms with E-state index in [4.69, 9.17) is 4.74 Å². The summed E-state index contributed by atoms with van der Waals surface area (Å²) in [6.45, 7) is 1.65. The van der Waals surface area contributed by atoms with Gasteiger partial charge >= 0.3 is 0 Å². The lowest BCUT2D eigenvalue weighted by atomic mass is 9.95. The lowest BCUT2D eigenvalue weighted by Crippen LogP contribution is -2.46. The second kappa shape index (κ2) is 10.9. The van der Waals surface area contributed by atoms with Crippen LogP contribution in [0.25, 0.3) is 11.4 Å². The molecule has 9 heteroatoms. The molecule has 3 aromatic rings. The van der Waals surface area contributed by atoms with Gasteiger partial charge in [-0.25, -0.2) is 0 Å². The van der Waals surface area contributed by atoms with E-state index in [1.165, 1.54) is 16.1 Å². The molecule has 2 aromatic carbocycles. The topological polar surface area (TPSA) is 102 Å². The average molecular weight is 463 g/mol. The van der Waals surface area contributed by atoms with Gasteiger partial charge in [0, 0.05) is 11.6 Å².